The van der Waals surface area contributed by atoms with Gasteiger partial charge in [0.15, 0.2) is 0 Å². The molecule has 0 fully saturated rings. The SMILES string of the molecule is CC(C)(C#N)CCCN1C(=O)C(=O)c2c(F)ccc(F)c21. The van der Waals surface area contributed by atoms with Gasteiger partial charge >= 0.3 is 0 Å². The second kappa shape index (κ2) is 5.24. The van der Waals surface area contributed by atoms with Crippen LogP contribution in [0.5, 0.6) is 0 Å². The van der Waals surface area contributed by atoms with Gasteiger partial charge < -0.3 is 4.90 Å². The topological polar surface area (TPSA) is 61.2 Å². The van der Waals surface area contributed by atoms with Crippen LogP contribution in [0, 0.1) is 28.4 Å². The normalized spacial score (nSPS) is 14.3. The summed E-state index contributed by atoms with van der Waals surface area (Å²) in [5.41, 5.74) is -1.37. The summed E-state index contributed by atoms with van der Waals surface area (Å²) in [4.78, 5) is 24.6. The van der Waals surface area contributed by atoms with E-state index in [1.54, 1.807) is 13.8 Å². The molecule has 1 aliphatic heterocycles. The van der Waals surface area contributed by atoms with E-state index < -0.39 is 34.3 Å². The fraction of sp³-hybridized carbons (Fsp3) is 0.400. The van der Waals surface area contributed by atoms with Crippen LogP contribution < -0.4 is 4.90 Å². The van der Waals surface area contributed by atoms with Crippen molar-refractivity contribution in [3.05, 3.63) is 29.3 Å². The lowest BCUT2D eigenvalue weighted by Gasteiger charge is -2.20. The third kappa shape index (κ3) is 2.64. The van der Waals surface area contributed by atoms with Crippen LogP contribution in [0.15, 0.2) is 12.1 Å². The van der Waals surface area contributed by atoms with Gasteiger partial charge in [0.25, 0.3) is 11.7 Å². The molecule has 2 rings (SSSR count). The highest BCUT2D eigenvalue weighted by Crippen LogP contribution is 2.34. The first-order chi connectivity index (χ1) is 9.78. The van der Waals surface area contributed by atoms with Gasteiger partial charge in [0, 0.05) is 6.54 Å². The van der Waals surface area contributed by atoms with E-state index >= 15 is 0 Å². The summed E-state index contributed by atoms with van der Waals surface area (Å²) in [6.45, 7) is 3.57. The Morgan fingerprint density at radius 1 is 1.24 bits per heavy atom. The lowest BCUT2D eigenvalue weighted by Crippen LogP contribution is -2.31. The van der Waals surface area contributed by atoms with Gasteiger partial charge in [-0.15, -0.1) is 0 Å². The lowest BCUT2D eigenvalue weighted by atomic mass is 9.90. The minimum atomic E-state index is -1.03. The monoisotopic (exact) mass is 292 g/mol. The summed E-state index contributed by atoms with van der Waals surface area (Å²) in [6.07, 6.45) is 0.892. The first-order valence-corrected chi connectivity index (χ1v) is 6.54. The molecule has 0 atom stereocenters. The van der Waals surface area contributed by atoms with Crippen LogP contribution >= 0.6 is 0 Å². The van der Waals surface area contributed by atoms with Crippen LogP contribution in [0.3, 0.4) is 0 Å². The Kier molecular flexibility index (Phi) is 3.77. The lowest BCUT2D eigenvalue weighted by molar-refractivity contribution is -0.114. The predicted molar refractivity (Wildman–Crippen MR) is 71.7 cm³/mol. The van der Waals surface area contributed by atoms with Crippen LogP contribution in [0.1, 0.15) is 37.0 Å². The van der Waals surface area contributed by atoms with Gasteiger partial charge in [-0.2, -0.15) is 5.26 Å². The maximum absolute atomic E-state index is 13.8. The number of nitrogens with zero attached hydrogens (tertiary/aromatic N) is 2. The summed E-state index contributed by atoms with van der Waals surface area (Å²) in [5, 5.41) is 8.92. The molecule has 0 aromatic heterocycles. The molecule has 0 spiro atoms. The molecule has 110 valence electrons. The number of ketones is 1. The van der Waals surface area contributed by atoms with Crippen LogP contribution in [-0.2, 0) is 4.79 Å². The van der Waals surface area contributed by atoms with Crippen LogP contribution in [0.25, 0.3) is 0 Å². The summed E-state index contributed by atoms with van der Waals surface area (Å²) >= 11 is 0. The molecule has 4 nitrogen and oxygen atoms in total. The first kappa shape index (κ1) is 15.1. The number of hydrogen-bond acceptors (Lipinski definition) is 3. The number of benzene rings is 1. The molecule has 0 saturated heterocycles. The van der Waals surface area contributed by atoms with E-state index in [2.05, 4.69) is 6.07 Å². The number of Topliss-reactive ketones (excluding diaryl/α,β-unsaturated/α-hetero) is 1. The zero-order valence-electron chi connectivity index (χ0n) is 11.7. The predicted octanol–water partition coefficient (Wildman–Crippen LogP) is 2.82. The van der Waals surface area contributed by atoms with Crippen molar-refractivity contribution >= 4 is 17.4 Å². The summed E-state index contributed by atoms with van der Waals surface area (Å²) < 4.78 is 27.5. The number of rotatable bonds is 4. The molecule has 1 amide bonds. The fourth-order valence-corrected chi connectivity index (χ4v) is 2.30. The molecule has 6 heteroatoms. The smallest absolute Gasteiger partial charge is 0.299 e. The molecule has 1 aromatic carbocycles. The molecule has 0 saturated carbocycles. The minimum Gasteiger partial charge on any atom is -0.302 e. The van der Waals surface area contributed by atoms with Gasteiger partial charge in [0.2, 0.25) is 0 Å². The van der Waals surface area contributed by atoms with Crippen molar-refractivity contribution in [2.24, 2.45) is 5.41 Å². The first-order valence-electron chi connectivity index (χ1n) is 6.54. The van der Waals surface area contributed by atoms with Gasteiger partial charge in [0.1, 0.15) is 11.6 Å². The van der Waals surface area contributed by atoms with Gasteiger partial charge in [-0.3, -0.25) is 9.59 Å². The fourth-order valence-electron chi connectivity index (χ4n) is 2.30. The molecule has 0 unspecified atom stereocenters. The van der Waals surface area contributed by atoms with E-state index in [9.17, 15) is 18.4 Å². The van der Waals surface area contributed by atoms with E-state index in [0.717, 1.165) is 17.0 Å². The number of anilines is 1. The maximum atomic E-state index is 13.8. The van der Waals surface area contributed by atoms with Crippen LogP contribution in [0.2, 0.25) is 0 Å². The Balaban J connectivity index is 2.24. The quantitative estimate of drug-likeness (QED) is 0.802. The second-order valence-electron chi connectivity index (χ2n) is 5.64. The van der Waals surface area contributed by atoms with Crippen LogP contribution in [0.4, 0.5) is 14.5 Å². The van der Waals surface area contributed by atoms with Crippen molar-refractivity contribution in [1.82, 2.24) is 0 Å². The highest BCUT2D eigenvalue weighted by atomic mass is 19.1. The van der Waals surface area contributed by atoms with E-state index in [-0.39, 0.29) is 12.2 Å². The molecule has 0 aliphatic carbocycles. The van der Waals surface area contributed by atoms with Gasteiger partial charge in [-0.25, -0.2) is 8.78 Å². The minimum absolute atomic E-state index is 0.0725. The number of carbonyl (C=O) groups excluding carboxylic acids is 2. The zero-order valence-corrected chi connectivity index (χ0v) is 11.7. The summed E-state index contributed by atoms with van der Waals surface area (Å²) in [6, 6.07) is 3.85. The Morgan fingerprint density at radius 2 is 1.86 bits per heavy atom. The van der Waals surface area contributed by atoms with Crippen molar-refractivity contribution < 1.29 is 18.4 Å². The van der Waals surface area contributed by atoms with E-state index in [1.165, 1.54) is 0 Å². The number of amides is 1. The van der Waals surface area contributed by atoms with E-state index in [0.29, 0.717) is 12.8 Å². The van der Waals surface area contributed by atoms with Crippen molar-refractivity contribution in [3.8, 4) is 6.07 Å². The van der Waals surface area contributed by atoms with Crippen LogP contribution in [-0.4, -0.2) is 18.2 Å². The molecule has 1 aliphatic rings. The third-order valence-corrected chi connectivity index (χ3v) is 3.50. The Bertz CT molecular complexity index is 662. The van der Waals surface area contributed by atoms with Gasteiger partial charge in [-0.1, -0.05) is 0 Å². The second-order valence-corrected chi connectivity index (χ2v) is 5.64. The number of halogens is 2. The van der Waals surface area contributed by atoms with E-state index in [4.69, 9.17) is 5.26 Å². The average Bonchev–Trinajstić information content (AvgIpc) is 2.69. The molecule has 1 heterocycles. The summed E-state index contributed by atoms with van der Waals surface area (Å²) in [7, 11) is 0. The molecular weight excluding hydrogens is 278 g/mol. The third-order valence-electron chi connectivity index (χ3n) is 3.50. The molecule has 0 bridgehead atoms. The Hall–Kier alpha value is -2.29. The largest absolute Gasteiger partial charge is 0.302 e. The standard InChI is InChI=1S/C15H14F2N2O2/c1-15(2,8-18)6-3-7-19-12-10(17)5-4-9(16)11(12)13(20)14(19)21/h4-5H,3,6-7H2,1-2H3. The number of nitriles is 1. The average molecular weight is 292 g/mol. The highest BCUT2D eigenvalue weighted by molar-refractivity contribution is 6.52. The molecule has 21 heavy (non-hydrogen) atoms. The highest BCUT2D eigenvalue weighted by Gasteiger charge is 2.40. The molecule has 0 N–H and O–H groups in total. The zero-order chi connectivity index (χ0) is 15.8. The maximum Gasteiger partial charge on any atom is 0.299 e. The molecule has 1 aromatic rings. The Labute approximate surface area is 121 Å². The van der Waals surface area contributed by atoms with Gasteiger partial charge in [0.05, 0.1) is 22.7 Å². The Morgan fingerprint density at radius 3 is 2.48 bits per heavy atom. The van der Waals surface area contributed by atoms with Crippen molar-refractivity contribution in [3.63, 3.8) is 0 Å². The molecular formula is C15H14F2N2O2. The molecule has 0 radical (unpaired) electrons. The number of carbonyl (C=O) groups is 2. The van der Waals surface area contributed by atoms with Crippen molar-refractivity contribution in [2.75, 3.05) is 11.4 Å². The number of hydrogen-bond donors (Lipinski definition) is 0. The van der Waals surface area contributed by atoms with Gasteiger partial charge in [-0.05, 0) is 38.8 Å². The van der Waals surface area contributed by atoms with E-state index in [1.807, 2.05) is 0 Å². The van der Waals surface area contributed by atoms with Crippen molar-refractivity contribution in [2.45, 2.75) is 26.7 Å². The van der Waals surface area contributed by atoms with Crippen molar-refractivity contribution in [1.29, 1.82) is 5.26 Å². The summed E-state index contributed by atoms with van der Waals surface area (Å²) in [5.74, 6) is -3.65. The number of fused-ring (bicyclic) bond motifs is 1.